The van der Waals surface area contributed by atoms with Gasteiger partial charge >= 0.3 is 0 Å². The maximum atomic E-state index is 12.2. The molecule has 3 aromatic rings. The van der Waals surface area contributed by atoms with Gasteiger partial charge in [-0.05, 0) is 37.1 Å². The number of anilines is 1. The highest BCUT2D eigenvalue weighted by molar-refractivity contribution is 6.03. The minimum Gasteiger partial charge on any atom is -0.320 e. The summed E-state index contributed by atoms with van der Waals surface area (Å²) in [7, 11) is 0. The second-order valence-electron chi connectivity index (χ2n) is 4.87. The first-order chi connectivity index (χ1) is 9.63. The Bertz CT molecular complexity index is 789. The fourth-order valence-corrected chi connectivity index (χ4v) is 2.11. The molecule has 0 aliphatic heterocycles. The van der Waals surface area contributed by atoms with E-state index in [0.717, 1.165) is 22.5 Å². The van der Waals surface area contributed by atoms with Gasteiger partial charge in [0.1, 0.15) is 11.3 Å². The van der Waals surface area contributed by atoms with Crippen LogP contribution in [0.3, 0.4) is 0 Å². The van der Waals surface area contributed by atoms with E-state index >= 15 is 0 Å². The summed E-state index contributed by atoms with van der Waals surface area (Å²) in [5.41, 5.74) is 4.15. The number of fused-ring (bicyclic) bond motifs is 1. The summed E-state index contributed by atoms with van der Waals surface area (Å²) in [6, 6.07) is 11.6. The molecule has 100 valence electrons. The van der Waals surface area contributed by atoms with Gasteiger partial charge in [-0.1, -0.05) is 24.3 Å². The van der Waals surface area contributed by atoms with Crippen molar-refractivity contribution in [3.63, 3.8) is 0 Å². The van der Waals surface area contributed by atoms with Gasteiger partial charge < -0.3 is 9.72 Å². The van der Waals surface area contributed by atoms with Gasteiger partial charge in [0.05, 0.1) is 0 Å². The summed E-state index contributed by atoms with van der Waals surface area (Å²) in [5.74, 6) is -0.194. The Morgan fingerprint density at radius 1 is 1.10 bits per heavy atom. The van der Waals surface area contributed by atoms with Crippen LogP contribution in [0.15, 0.2) is 48.8 Å². The van der Waals surface area contributed by atoms with Crippen molar-refractivity contribution in [2.75, 3.05) is 5.32 Å². The number of nitrogens with zero attached hydrogens (tertiary/aromatic N) is 2. The topological polar surface area (TPSA) is 46.4 Å². The Morgan fingerprint density at radius 3 is 2.70 bits per heavy atom. The molecule has 0 aliphatic rings. The summed E-state index contributed by atoms with van der Waals surface area (Å²) in [4.78, 5) is 16.6. The van der Waals surface area contributed by atoms with Crippen molar-refractivity contribution in [2.45, 2.75) is 13.8 Å². The number of para-hydroxylation sites is 1. The highest BCUT2D eigenvalue weighted by atomic mass is 16.1. The van der Waals surface area contributed by atoms with E-state index in [0.29, 0.717) is 5.69 Å². The fraction of sp³-hybridized carbons (Fsp3) is 0.125. The van der Waals surface area contributed by atoms with Crippen LogP contribution < -0.4 is 5.32 Å². The van der Waals surface area contributed by atoms with E-state index < -0.39 is 0 Å². The summed E-state index contributed by atoms with van der Waals surface area (Å²) in [6.45, 7) is 3.97. The average Bonchev–Trinajstić information content (AvgIpc) is 2.84. The number of nitrogens with one attached hydrogen (secondary N) is 1. The predicted octanol–water partition coefficient (Wildman–Crippen LogP) is 3.20. The van der Waals surface area contributed by atoms with Crippen molar-refractivity contribution in [3.05, 3.63) is 65.6 Å². The van der Waals surface area contributed by atoms with Crippen molar-refractivity contribution in [1.82, 2.24) is 9.38 Å². The van der Waals surface area contributed by atoms with Crippen LogP contribution in [-0.4, -0.2) is 15.3 Å². The number of benzene rings is 1. The van der Waals surface area contributed by atoms with Crippen molar-refractivity contribution in [2.24, 2.45) is 0 Å². The van der Waals surface area contributed by atoms with E-state index in [2.05, 4.69) is 10.3 Å². The number of aromatic nitrogens is 2. The molecule has 3 rings (SSSR count). The minimum atomic E-state index is -0.194. The quantitative estimate of drug-likeness (QED) is 0.773. The Morgan fingerprint density at radius 2 is 1.90 bits per heavy atom. The zero-order chi connectivity index (χ0) is 14.1. The molecule has 0 atom stereocenters. The van der Waals surface area contributed by atoms with Gasteiger partial charge in [0.2, 0.25) is 0 Å². The third-order valence-electron chi connectivity index (χ3n) is 3.22. The number of carbonyl (C=O) groups excluding carboxylic acids is 1. The van der Waals surface area contributed by atoms with Crippen LogP contribution in [0.1, 0.15) is 21.6 Å². The van der Waals surface area contributed by atoms with E-state index in [1.807, 2.05) is 60.8 Å². The highest BCUT2D eigenvalue weighted by Gasteiger charge is 2.11. The molecule has 2 aromatic heterocycles. The number of aryl methyl sites for hydroxylation is 2. The molecule has 0 radical (unpaired) electrons. The molecule has 0 fully saturated rings. The second kappa shape index (κ2) is 4.81. The molecule has 1 aromatic carbocycles. The van der Waals surface area contributed by atoms with Crippen LogP contribution in [0.25, 0.3) is 5.65 Å². The van der Waals surface area contributed by atoms with Gasteiger partial charge in [-0.15, -0.1) is 0 Å². The van der Waals surface area contributed by atoms with Gasteiger partial charge in [-0.25, -0.2) is 4.98 Å². The third kappa shape index (κ3) is 2.28. The van der Waals surface area contributed by atoms with Crippen molar-refractivity contribution in [3.8, 4) is 0 Å². The molecular formula is C16H15N3O. The van der Waals surface area contributed by atoms with Crippen LogP contribution >= 0.6 is 0 Å². The van der Waals surface area contributed by atoms with Crippen LogP contribution in [0, 0.1) is 13.8 Å². The summed E-state index contributed by atoms with van der Waals surface area (Å²) in [5, 5.41) is 2.89. The predicted molar refractivity (Wildman–Crippen MR) is 79.1 cm³/mol. The van der Waals surface area contributed by atoms with Crippen LogP contribution in [0.4, 0.5) is 5.69 Å². The van der Waals surface area contributed by atoms with Crippen LogP contribution in [-0.2, 0) is 0 Å². The highest BCUT2D eigenvalue weighted by Crippen LogP contribution is 2.15. The van der Waals surface area contributed by atoms with Gasteiger partial charge in [0, 0.05) is 18.1 Å². The Balaban J connectivity index is 1.91. The summed E-state index contributed by atoms with van der Waals surface area (Å²) in [6.07, 6.45) is 3.70. The van der Waals surface area contributed by atoms with Gasteiger partial charge in [0.15, 0.2) is 0 Å². The average molecular weight is 265 g/mol. The molecule has 4 heteroatoms. The number of rotatable bonds is 2. The molecule has 0 saturated heterocycles. The van der Waals surface area contributed by atoms with E-state index in [1.165, 1.54) is 0 Å². The number of imidazole rings is 1. The SMILES string of the molecule is Cc1ccc2nc(C(=O)Nc3ccccc3C)cn2c1. The van der Waals surface area contributed by atoms with E-state index in [4.69, 9.17) is 0 Å². The van der Waals surface area contributed by atoms with Crippen LogP contribution in [0.5, 0.6) is 0 Å². The molecule has 0 spiro atoms. The minimum absolute atomic E-state index is 0.194. The maximum Gasteiger partial charge on any atom is 0.275 e. The summed E-state index contributed by atoms with van der Waals surface area (Å²) < 4.78 is 1.86. The number of pyridine rings is 1. The molecule has 0 aliphatic carbocycles. The van der Waals surface area contributed by atoms with Gasteiger partial charge in [0.25, 0.3) is 5.91 Å². The van der Waals surface area contributed by atoms with Gasteiger partial charge in [-0.2, -0.15) is 0 Å². The molecule has 1 N–H and O–H groups in total. The lowest BCUT2D eigenvalue weighted by molar-refractivity contribution is 0.102. The number of carbonyl (C=O) groups is 1. The normalized spacial score (nSPS) is 10.7. The molecule has 4 nitrogen and oxygen atoms in total. The van der Waals surface area contributed by atoms with E-state index in [1.54, 1.807) is 6.20 Å². The third-order valence-corrected chi connectivity index (χ3v) is 3.22. The Labute approximate surface area is 117 Å². The molecule has 0 unspecified atom stereocenters. The standard InChI is InChI=1S/C16H15N3O/c1-11-7-8-15-17-14(10-19(15)9-11)16(20)18-13-6-4-3-5-12(13)2/h3-10H,1-2H3,(H,18,20). The molecule has 0 bridgehead atoms. The fourth-order valence-electron chi connectivity index (χ4n) is 2.11. The molecule has 0 saturated carbocycles. The zero-order valence-corrected chi connectivity index (χ0v) is 11.4. The lowest BCUT2D eigenvalue weighted by Gasteiger charge is -2.05. The first-order valence-corrected chi connectivity index (χ1v) is 6.46. The van der Waals surface area contributed by atoms with E-state index in [-0.39, 0.29) is 5.91 Å². The largest absolute Gasteiger partial charge is 0.320 e. The van der Waals surface area contributed by atoms with E-state index in [9.17, 15) is 4.79 Å². The monoisotopic (exact) mass is 265 g/mol. The zero-order valence-electron chi connectivity index (χ0n) is 11.4. The maximum absolute atomic E-state index is 12.2. The summed E-state index contributed by atoms with van der Waals surface area (Å²) >= 11 is 0. The smallest absolute Gasteiger partial charge is 0.275 e. The number of amides is 1. The van der Waals surface area contributed by atoms with Crippen molar-refractivity contribution >= 4 is 17.2 Å². The number of hydrogen-bond donors (Lipinski definition) is 1. The molecule has 2 heterocycles. The van der Waals surface area contributed by atoms with Crippen molar-refractivity contribution in [1.29, 1.82) is 0 Å². The molecular weight excluding hydrogens is 250 g/mol. The van der Waals surface area contributed by atoms with Crippen molar-refractivity contribution < 1.29 is 4.79 Å². The molecule has 1 amide bonds. The molecule has 20 heavy (non-hydrogen) atoms. The Kier molecular flexibility index (Phi) is 2.99. The lowest BCUT2D eigenvalue weighted by atomic mass is 10.2. The lowest BCUT2D eigenvalue weighted by Crippen LogP contribution is -2.13. The number of hydrogen-bond acceptors (Lipinski definition) is 2. The van der Waals surface area contributed by atoms with Gasteiger partial charge in [-0.3, -0.25) is 4.79 Å². The first-order valence-electron chi connectivity index (χ1n) is 6.46. The second-order valence-corrected chi connectivity index (χ2v) is 4.87. The Hall–Kier alpha value is -2.62. The first kappa shape index (κ1) is 12.4. The van der Waals surface area contributed by atoms with Crippen LogP contribution in [0.2, 0.25) is 0 Å².